The molecule has 0 unspecified atom stereocenters. The van der Waals surface area contributed by atoms with Gasteiger partial charge in [0.2, 0.25) is 0 Å². The summed E-state index contributed by atoms with van der Waals surface area (Å²) in [6.45, 7) is 4.08. The van der Waals surface area contributed by atoms with E-state index >= 15 is 0 Å². The van der Waals surface area contributed by atoms with Crippen LogP contribution in [-0.2, 0) is 0 Å². The molecule has 2 rings (SSSR count). The fraction of sp³-hybridized carbons (Fsp3) is 0.583. The van der Waals surface area contributed by atoms with Gasteiger partial charge in [-0.2, -0.15) is 0 Å². The average Bonchev–Trinajstić information content (AvgIpc) is 2.87. The number of likely N-dealkylation sites (tertiary alicyclic amines) is 1. The van der Waals surface area contributed by atoms with Gasteiger partial charge in [0.05, 0.1) is 12.4 Å². The zero-order valence-electron chi connectivity index (χ0n) is 10.4. The Bertz CT molecular complexity index is 403. The van der Waals surface area contributed by atoms with Crippen molar-refractivity contribution in [1.82, 2.24) is 20.2 Å². The van der Waals surface area contributed by atoms with Crippen molar-refractivity contribution in [3.8, 4) is 0 Å². The summed E-state index contributed by atoms with van der Waals surface area (Å²) in [5, 5.41) is 2.83. The first-order valence-corrected chi connectivity index (χ1v) is 6.34. The van der Waals surface area contributed by atoms with Crippen LogP contribution in [0.3, 0.4) is 0 Å². The highest BCUT2D eigenvalue weighted by Gasteiger charge is 2.11. The second-order valence-electron chi connectivity index (χ2n) is 4.49. The molecule has 6 heteroatoms. The molecular formula is C12H19N5O. The lowest BCUT2D eigenvalue weighted by Crippen LogP contribution is -2.29. The second kappa shape index (κ2) is 6.30. The number of carbonyl (C=O) groups is 1. The lowest BCUT2D eigenvalue weighted by Gasteiger charge is -2.14. The van der Waals surface area contributed by atoms with Crippen molar-refractivity contribution in [3.63, 3.8) is 0 Å². The molecule has 0 aliphatic carbocycles. The number of anilines is 1. The fourth-order valence-corrected chi connectivity index (χ4v) is 2.09. The maximum Gasteiger partial charge on any atom is 0.271 e. The molecule has 1 saturated heterocycles. The van der Waals surface area contributed by atoms with E-state index in [9.17, 15) is 4.79 Å². The highest BCUT2D eigenvalue weighted by molar-refractivity contribution is 5.92. The standard InChI is InChI=1S/C12H19N5O/c13-11-9-14-8-10(16-11)12(18)15-4-3-7-17-5-1-2-6-17/h8-9H,1-7H2,(H2,13,16)(H,15,18). The number of nitrogens with zero attached hydrogens (tertiary/aromatic N) is 3. The van der Waals surface area contributed by atoms with Crippen LogP contribution in [0.4, 0.5) is 5.82 Å². The Morgan fingerprint density at radius 2 is 2.17 bits per heavy atom. The predicted molar refractivity (Wildman–Crippen MR) is 69.1 cm³/mol. The van der Waals surface area contributed by atoms with E-state index in [2.05, 4.69) is 20.2 Å². The quantitative estimate of drug-likeness (QED) is 0.732. The zero-order valence-corrected chi connectivity index (χ0v) is 10.4. The molecule has 0 radical (unpaired) electrons. The molecule has 1 aliphatic rings. The summed E-state index contributed by atoms with van der Waals surface area (Å²) in [7, 11) is 0. The molecule has 18 heavy (non-hydrogen) atoms. The molecular weight excluding hydrogens is 230 g/mol. The molecule has 1 aliphatic heterocycles. The van der Waals surface area contributed by atoms with E-state index in [1.165, 1.54) is 38.3 Å². The molecule has 0 spiro atoms. The van der Waals surface area contributed by atoms with Gasteiger partial charge in [-0.3, -0.25) is 9.78 Å². The lowest BCUT2D eigenvalue weighted by molar-refractivity contribution is 0.0947. The maximum atomic E-state index is 11.7. The van der Waals surface area contributed by atoms with E-state index < -0.39 is 0 Å². The van der Waals surface area contributed by atoms with Crippen LogP contribution in [0.2, 0.25) is 0 Å². The number of hydrogen-bond acceptors (Lipinski definition) is 5. The maximum absolute atomic E-state index is 11.7. The summed E-state index contributed by atoms with van der Waals surface area (Å²) >= 11 is 0. The zero-order chi connectivity index (χ0) is 12.8. The number of nitrogen functional groups attached to an aromatic ring is 1. The molecule has 1 aromatic heterocycles. The molecule has 1 fully saturated rings. The Kier molecular flexibility index (Phi) is 4.46. The monoisotopic (exact) mass is 249 g/mol. The number of carbonyl (C=O) groups excluding carboxylic acids is 1. The van der Waals surface area contributed by atoms with E-state index in [1.54, 1.807) is 0 Å². The molecule has 0 aromatic carbocycles. The third-order valence-corrected chi connectivity index (χ3v) is 3.02. The fourth-order valence-electron chi connectivity index (χ4n) is 2.09. The molecule has 0 saturated carbocycles. The Balaban J connectivity index is 1.68. The SMILES string of the molecule is Nc1cncc(C(=O)NCCCN2CCCC2)n1. The Labute approximate surface area is 107 Å². The van der Waals surface area contributed by atoms with Gasteiger partial charge in [0.15, 0.2) is 0 Å². The van der Waals surface area contributed by atoms with Crippen molar-refractivity contribution < 1.29 is 4.79 Å². The van der Waals surface area contributed by atoms with Crippen LogP contribution in [0.1, 0.15) is 29.8 Å². The minimum Gasteiger partial charge on any atom is -0.382 e. The highest BCUT2D eigenvalue weighted by Crippen LogP contribution is 2.06. The van der Waals surface area contributed by atoms with Gasteiger partial charge in [0.1, 0.15) is 11.5 Å². The number of nitrogens with two attached hydrogens (primary N) is 1. The van der Waals surface area contributed by atoms with Gasteiger partial charge < -0.3 is 16.0 Å². The highest BCUT2D eigenvalue weighted by atomic mass is 16.1. The van der Waals surface area contributed by atoms with Crippen molar-refractivity contribution in [1.29, 1.82) is 0 Å². The molecule has 0 bridgehead atoms. The van der Waals surface area contributed by atoms with E-state index in [4.69, 9.17) is 5.73 Å². The number of hydrogen-bond donors (Lipinski definition) is 2. The van der Waals surface area contributed by atoms with Crippen LogP contribution >= 0.6 is 0 Å². The summed E-state index contributed by atoms with van der Waals surface area (Å²) < 4.78 is 0. The Morgan fingerprint density at radius 3 is 2.89 bits per heavy atom. The van der Waals surface area contributed by atoms with Crippen molar-refractivity contribution in [3.05, 3.63) is 18.1 Å². The third-order valence-electron chi connectivity index (χ3n) is 3.02. The predicted octanol–water partition coefficient (Wildman–Crippen LogP) is 0.274. The van der Waals surface area contributed by atoms with E-state index in [0.29, 0.717) is 6.54 Å². The minimum atomic E-state index is -0.212. The van der Waals surface area contributed by atoms with Crippen LogP contribution in [0.15, 0.2) is 12.4 Å². The van der Waals surface area contributed by atoms with Crippen LogP contribution in [0, 0.1) is 0 Å². The van der Waals surface area contributed by atoms with Crippen molar-refractivity contribution >= 4 is 11.7 Å². The summed E-state index contributed by atoms with van der Waals surface area (Å²) in [5.41, 5.74) is 5.75. The van der Waals surface area contributed by atoms with E-state index in [-0.39, 0.29) is 17.4 Å². The van der Waals surface area contributed by atoms with Gasteiger partial charge >= 0.3 is 0 Å². The van der Waals surface area contributed by atoms with Crippen LogP contribution in [0.5, 0.6) is 0 Å². The Morgan fingerprint density at radius 1 is 1.39 bits per heavy atom. The largest absolute Gasteiger partial charge is 0.382 e. The smallest absolute Gasteiger partial charge is 0.271 e. The van der Waals surface area contributed by atoms with Crippen LogP contribution in [0.25, 0.3) is 0 Å². The second-order valence-corrected chi connectivity index (χ2v) is 4.49. The molecule has 2 heterocycles. The summed E-state index contributed by atoms with van der Waals surface area (Å²) in [4.78, 5) is 21.9. The van der Waals surface area contributed by atoms with Gasteiger partial charge in [-0.25, -0.2) is 4.98 Å². The molecule has 1 aromatic rings. The van der Waals surface area contributed by atoms with Gasteiger partial charge in [0, 0.05) is 6.54 Å². The summed E-state index contributed by atoms with van der Waals surface area (Å²) in [5.74, 6) is 0.0518. The first kappa shape index (κ1) is 12.8. The van der Waals surface area contributed by atoms with Gasteiger partial charge in [0.25, 0.3) is 5.91 Å². The normalized spacial score (nSPS) is 15.8. The van der Waals surface area contributed by atoms with Crippen molar-refractivity contribution in [2.24, 2.45) is 0 Å². The molecule has 3 N–H and O–H groups in total. The van der Waals surface area contributed by atoms with Gasteiger partial charge in [-0.15, -0.1) is 0 Å². The summed E-state index contributed by atoms with van der Waals surface area (Å²) in [6.07, 6.45) is 6.40. The number of aromatic nitrogens is 2. The number of nitrogens with one attached hydrogen (secondary N) is 1. The van der Waals surface area contributed by atoms with Crippen LogP contribution in [-0.4, -0.2) is 47.0 Å². The van der Waals surface area contributed by atoms with Crippen LogP contribution < -0.4 is 11.1 Å². The number of rotatable bonds is 5. The molecule has 98 valence electrons. The average molecular weight is 249 g/mol. The summed E-state index contributed by atoms with van der Waals surface area (Å²) in [6, 6.07) is 0. The van der Waals surface area contributed by atoms with Crippen molar-refractivity contribution in [2.75, 3.05) is 31.9 Å². The lowest BCUT2D eigenvalue weighted by atomic mass is 10.3. The first-order chi connectivity index (χ1) is 8.75. The Hall–Kier alpha value is -1.69. The topological polar surface area (TPSA) is 84.1 Å². The van der Waals surface area contributed by atoms with E-state index in [0.717, 1.165) is 13.0 Å². The van der Waals surface area contributed by atoms with Crippen molar-refractivity contribution in [2.45, 2.75) is 19.3 Å². The third kappa shape index (κ3) is 3.66. The molecule has 6 nitrogen and oxygen atoms in total. The molecule has 1 amide bonds. The number of amides is 1. The minimum absolute atomic E-state index is 0.212. The van der Waals surface area contributed by atoms with Gasteiger partial charge in [-0.1, -0.05) is 0 Å². The molecule has 0 atom stereocenters. The first-order valence-electron chi connectivity index (χ1n) is 6.34. The van der Waals surface area contributed by atoms with Gasteiger partial charge in [-0.05, 0) is 38.9 Å². The van der Waals surface area contributed by atoms with E-state index in [1.807, 2.05) is 0 Å².